The van der Waals surface area contributed by atoms with Crippen molar-refractivity contribution < 1.29 is 14.6 Å². The number of rotatable bonds is 10. The van der Waals surface area contributed by atoms with Gasteiger partial charge in [-0.2, -0.15) is 0 Å². The monoisotopic (exact) mass is 683 g/mol. The van der Waals surface area contributed by atoms with Crippen molar-refractivity contribution in [2.24, 2.45) is 58.2 Å². The van der Waals surface area contributed by atoms with Crippen LogP contribution in [0, 0.1) is 58.2 Å². The van der Waals surface area contributed by atoms with E-state index in [1.54, 1.807) is 6.92 Å². The first kappa shape index (κ1) is 35.1. The van der Waals surface area contributed by atoms with Crippen LogP contribution in [0.5, 0.6) is 0 Å². The van der Waals surface area contributed by atoms with Crippen LogP contribution in [-0.2, 0) is 9.53 Å². The number of piperidine rings is 3. The minimum atomic E-state index is -0.239. The fraction of sp³-hybridized carbons (Fsp3) is 0.778. The molecule has 7 fully saturated rings. The van der Waals surface area contributed by atoms with Gasteiger partial charge in [0.1, 0.15) is 6.10 Å². The topological polar surface area (TPSA) is 62.7 Å². The summed E-state index contributed by atoms with van der Waals surface area (Å²) < 4.78 is 6.13. The van der Waals surface area contributed by atoms with Crippen LogP contribution < -0.4 is 0 Å². The molecule has 2 bridgehead atoms. The van der Waals surface area contributed by atoms with E-state index in [0.29, 0.717) is 10.8 Å². The first-order valence-corrected chi connectivity index (χ1v) is 21.1. The Kier molecular flexibility index (Phi) is 9.89. The molecule has 3 aliphatic heterocycles. The first-order chi connectivity index (χ1) is 24.2. The molecular weight excluding hydrogens is 617 g/mol. The SMILES string of the molecule is CC(=O)O[C@H](c1ccnc2ccccc12)[C@@H]1CC2CCN1C[C@@H]2CCCCC[C@@H](C)[C@H]1CC[C@H]2[C@@H]3CC[C@@H]4C[C@H](O)CC[C@]4(C)[C@H]3CC[C@]12C. The lowest BCUT2D eigenvalue weighted by atomic mass is 9.44. The van der Waals surface area contributed by atoms with E-state index in [-0.39, 0.29) is 24.2 Å². The van der Waals surface area contributed by atoms with Crippen molar-refractivity contribution in [3.05, 3.63) is 42.1 Å². The Hall–Kier alpha value is -1.98. The van der Waals surface area contributed by atoms with Gasteiger partial charge in [0.2, 0.25) is 0 Å². The van der Waals surface area contributed by atoms with Crippen molar-refractivity contribution in [2.45, 2.75) is 149 Å². The summed E-state index contributed by atoms with van der Waals surface area (Å²) in [6.45, 7) is 11.8. The normalized spacial score (nSPS) is 41.9. The zero-order valence-electron chi connectivity index (χ0n) is 31.7. The lowest BCUT2D eigenvalue weighted by Gasteiger charge is -2.61. The highest BCUT2D eigenvalue weighted by Gasteiger charge is 2.60. The van der Waals surface area contributed by atoms with Gasteiger partial charge in [0, 0.05) is 30.6 Å². The molecule has 1 aromatic heterocycles. The molecule has 14 atom stereocenters. The Morgan fingerprint density at radius 3 is 2.60 bits per heavy atom. The maximum absolute atomic E-state index is 12.4. The second-order valence-electron chi connectivity index (χ2n) is 19.0. The fourth-order valence-electron chi connectivity index (χ4n) is 14.2. The Morgan fingerprint density at radius 2 is 1.78 bits per heavy atom. The molecule has 4 heterocycles. The number of unbranched alkanes of at least 4 members (excludes halogenated alkanes) is 2. The highest BCUT2D eigenvalue weighted by molar-refractivity contribution is 5.82. The smallest absolute Gasteiger partial charge is 0.303 e. The van der Waals surface area contributed by atoms with Gasteiger partial charge in [0.25, 0.3) is 0 Å². The van der Waals surface area contributed by atoms with Gasteiger partial charge in [-0.25, -0.2) is 0 Å². The van der Waals surface area contributed by atoms with Gasteiger partial charge >= 0.3 is 5.97 Å². The van der Waals surface area contributed by atoms with Crippen LogP contribution >= 0.6 is 0 Å². The second kappa shape index (κ2) is 14.1. The quantitative estimate of drug-likeness (QED) is 0.200. The van der Waals surface area contributed by atoms with Crippen molar-refractivity contribution in [2.75, 3.05) is 13.1 Å². The fourth-order valence-corrected chi connectivity index (χ4v) is 14.2. The molecule has 274 valence electrons. The zero-order valence-corrected chi connectivity index (χ0v) is 31.7. The standard InChI is InChI=1S/C45H66N2O3/c1-29(38-16-17-39-37-15-14-33-27-34(49)18-22-44(33,3)40(37)19-23-45(38,39)4)10-6-5-7-11-32-28-47-25-21-31(32)26-42(47)43(50-30(2)48)36-20-24-46-41-13-9-8-12-35(36)41/h8-9,12-13,20,24,29,31-34,37-40,42-43,49H,5-7,10-11,14-19,21-23,25-28H2,1-4H3/t29-,31?,32+,33-,34-,37+,38-,39+,40+,42+,43-,44+,45-/m1/s1. The van der Waals surface area contributed by atoms with Crippen LogP contribution in [-0.4, -0.2) is 46.2 Å². The number of aliphatic hydroxyl groups excluding tert-OH is 1. The number of esters is 1. The molecule has 9 rings (SSSR count). The number of nitrogens with zero attached hydrogens (tertiary/aromatic N) is 2. The van der Waals surface area contributed by atoms with Crippen LogP contribution in [0.25, 0.3) is 10.9 Å². The van der Waals surface area contributed by atoms with Gasteiger partial charge in [-0.3, -0.25) is 14.7 Å². The van der Waals surface area contributed by atoms with Gasteiger partial charge in [-0.1, -0.05) is 64.7 Å². The average molecular weight is 683 g/mol. The summed E-state index contributed by atoms with van der Waals surface area (Å²) in [5.41, 5.74) is 3.12. The number of hydrogen-bond acceptors (Lipinski definition) is 5. The molecule has 7 aliphatic rings. The maximum Gasteiger partial charge on any atom is 0.303 e. The number of para-hydroxylation sites is 1. The molecule has 0 amide bonds. The summed E-state index contributed by atoms with van der Waals surface area (Å²) in [5, 5.41) is 11.5. The van der Waals surface area contributed by atoms with Crippen LogP contribution in [0.15, 0.2) is 36.5 Å². The predicted octanol–water partition coefficient (Wildman–Crippen LogP) is 10.2. The van der Waals surface area contributed by atoms with E-state index >= 15 is 0 Å². The number of pyridine rings is 1. The second-order valence-corrected chi connectivity index (χ2v) is 19.0. The summed E-state index contributed by atoms with van der Waals surface area (Å²) >= 11 is 0. The molecule has 0 spiro atoms. The summed E-state index contributed by atoms with van der Waals surface area (Å²) in [6.07, 6.45) is 22.9. The molecule has 2 aromatic rings. The lowest BCUT2D eigenvalue weighted by molar-refractivity contribution is -0.155. The number of hydrogen-bond donors (Lipinski definition) is 1. The number of aromatic nitrogens is 1. The van der Waals surface area contributed by atoms with Crippen LogP contribution in [0.3, 0.4) is 0 Å². The van der Waals surface area contributed by atoms with Crippen molar-refractivity contribution in [3.8, 4) is 0 Å². The van der Waals surface area contributed by atoms with E-state index in [0.717, 1.165) is 96.2 Å². The molecule has 3 saturated heterocycles. The van der Waals surface area contributed by atoms with E-state index in [1.165, 1.54) is 83.5 Å². The molecule has 0 radical (unpaired) electrons. The first-order valence-electron chi connectivity index (χ1n) is 21.1. The largest absolute Gasteiger partial charge is 0.456 e. The minimum Gasteiger partial charge on any atom is -0.456 e. The third-order valence-corrected chi connectivity index (χ3v) is 16.7. The van der Waals surface area contributed by atoms with E-state index in [4.69, 9.17) is 4.74 Å². The molecule has 1 aromatic carbocycles. The molecular formula is C45H66N2O3. The minimum absolute atomic E-state index is 0.0379. The molecule has 5 nitrogen and oxygen atoms in total. The van der Waals surface area contributed by atoms with Crippen LogP contribution in [0.2, 0.25) is 0 Å². The van der Waals surface area contributed by atoms with E-state index in [9.17, 15) is 9.90 Å². The van der Waals surface area contributed by atoms with Gasteiger partial charge < -0.3 is 9.84 Å². The van der Waals surface area contributed by atoms with Crippen molar-refractivity contribution in [3.63, 3.8) is 0 Å². The van der Waals surface area contributed by atoms with Crippen molar-refractivity contribution in [1.29, 1.82) is 0 Å². The number of fused-ring (bicyclic) bond motifs is 9. The highest BCUT2D eigenvalue weighted by atomic mass is 16.5. The van der Waals surface area contributed by atoms with Crippen LogP contribution in [0.1, 0.15) is 142 Å². The number of ether oxygens (including phenoxy) is 1. The number of aliphatic hydroxyl groups is 1. The van der Waals surface area contributed by atoms with Gasteiger partial charge in [-0.15, -0.1) is 0 Å². The summed E-state index contributed by atoms with van der Waals surface area (Å²) in [7, 11) is 0. The Morgan fingerprint density at radius 1 is 0.960 bits per heavy atom. The Balaban J connectivity index is 0.824. The molecule has 4 aliphatic carbocycles. The number of benzene rings is 1. The highest BCUT2D eigenvalue weighted by Crippen LogP contribution is 2.68. The van der Waals surface area contributed by atoms with E-state index < -0.39 is 0 Å². The Bertz CT molecular complexity index is 1500. The van der Waals surface area contributed by atoms with Gasteiger partial charge in [0.15, 0.2) is 0 Å². The molecule has 50 heavy (non-hydrogen) atoms. The molecule has 1 N–H and O–H groups in total. The lowest BCUT2D eigenvalue weighted by Crippen LogP contribution is -2.55. The van der Waals surface area contributed by atoms with Gasteiger partial charge in [-0.05, 0) is 154 Å². The predicted molar refractivity (Wildman–Crippen MR) is 201 cm³/mol. The van der Waals surface area contributed by atoms with E-state index in [2.05, 4.69) is 54.9 Å². The average Bonchev–Trinajstić information content (AvgIpc) is 3.48. The Labute approximate surface area is 302 Å². The van der Waals surface area contributed by atoms with E-state index in [1.807, 2.05) is 12.3 Å². The van der Waals surface area contributed by atoms with Gasteiger partial charge in [0.05, 0.1) is 17.7 Å². The number of carbonyl (C=O) groups is 1. The third kappa shape index (κ3) is 6.26. The maximum atomic E-state index is 12.4. The summed E-state index contributed by atoms with van der Waals surface area (Å²) in [5.74, 6) is 6.63. The molecule has 5 heteroatoms. The summed E-state index contributed by atoms with van der Waals surface area (Å²) in [4.78, 5) is 19.6. The summed E-state index contributed by atoms with van der Waals surface area (Å²) in [6, 6.07) is 10.6. The van der Waals surface area contributed by atoms with Crippen molar-refractivity contribution >= 4 is 16.9 Å². The molecule has 4 saturated carbocycles. The molecule has 2 unspecified atom stereocenters. The third-order valence-electron chi connectivity index (χ3n) is 16.7. The van der Waals surface area contributed by atoms with Crippen LogP contribution in [0.4, 0.5) is 0 Å². The zero-order chi connectivity index (χ0) is 34.6. The van der Waals surface area contributed by atoms with Crippen molar-refractivity contribution in [1.82, 2.24) is 9.88 Å². The number of carbonyl (C=O) groups excluding carboxylic acids is 1.